The van der Waals surface area contributed by atoms with Crippen LogP contribution in [0.3, 0.4) is 0 Å². The third kappa shape index (κ3) is 3.37. The zero-order valence-corrected chi connectivity index (χ0v) is 11.2. The van der Waals surface area contributed by atoms with E-state index in [4.69, 9.17) is 9.84 Å². The topological polar surface area (TPSA) is 70.6 Å². The summed E-state index contributed by atoms with van der Waals surface area (Å²) in [6.45, 7) is 4.25. The number of carboxylic acid groups (broad SMARTS) is 1. The maximum atomic E-state index is 10.9. The molecule has 5 heteroatoms. The largest absolute Gasteiger partial charge is 0.496 e. The Labute approximate surface area is 107 Å². The van der Waals surface area contributed by atoms with Crippen LogP contribution in [0.15, 0.2) is 12.1 Å². The number of anilines is 1. The molecule has 0 spiro atoms. The quantitative estimate of drug-likeness (QED) is 0.714. The number of aryl methyl sites for hydroxylation is 2. The highest BCUT2D eigenvalue weighted by atomic mass is 16.5. The number of rotatable bonds is 6. The van der Waals surface area contributed by atoms with Crippen LogP contribution >= 0.6 is 0 Å². The Kier molecular flexibility index (Phi) is 4.97. The van der Waals surface area contributed by atoms with Gasteiger partial charge in [0.1, 0.15) is 11.8 Å². The van der Waals surface area contributed by atoms with Crippen LogP contribution in [0.1, 0.15) is 11.1 Å². The fourth-order valence-corrected chi connectivity index (χ4v) is 1.91. The van der Waals surface area contributed by atoms with Crippen LogP contribution in [0.4, 0.5) is 5.69 Å². The molecule has 0 fully saturated rings. The van der Waals surface area contributed by atoms with Crippen molar-refractivity contribution in [3.05, 3.63) is 23.3 Å². The van der Waals surface area contributed by atoms with E-state index < -0.39 is 12.0 Å². The average molecular weight is 252 g/mol. The van der Waals surface area contributed by atoms with Crippen molar-refractivity contribution < 1.29 is 14.6 Å². The minimum Gasteiger partial charge on any atom is -0.496 e. The van der Waals surface area contributed by atoms with Crippen molar-refractivity contribution in [2.45, 2.75) is 19.9 Å². The van der Waals surface area contributed by atoms with E-state index in [1.54, 1.807) is 14.2 Å². The van der Waals surface area contributed by atoms with Gasteiger partial charge in [-0.1, -0.05) is 0 Å². The third-order valence-corrected chi connectivity index (χ3v) is 2.82. The van der Waals surface area contributed by atoms with Gasteiger partial charge < -0.3 is 20.5 Å². The smallest absolute Gasteiger partial charge is 0.322 e. The molecular weight excluding hydrogens is 232 g/mol. The first kappa shape index (κ1) is 14.3. The summed E-state index contributed by atoms with van der Waals surface area (Å²) in [6.07, 6.45) is 0. The van der Waals surface area contributed by atoms with Crippen LogP contribution < -0.4 is 15.4 Å². The Bertz CT molecular complexity index is 409. The lowest BCUT2D eigenvalue weighted by Gasteiger charge is -2.15. The zero-order valence-electron chi connectivity index (χ0n) is 11.2. The summed E-state index contributed by atoms with van der Waals surface area (Å²) >= 11 is 0. The highest BCUT2D eigenvalue weighted by Gasteiger charge is 2.14. The monoisotopic (exact) mass is 252 g/mol. The first-order valence-electron chi connectivity index (χ1n) is 5.78. The van der Waals surface area contributed by atoms with Crippen molar-refractivity contribution >= 4 is 11.7 Å². The molecule has 0 aromatic heterocycles. The number of methoxy groups -OCH3 is 1. The predicted octanol–water partition coefficient (Wildman–Crippen LogP) is 1.40. The Morgan fingerprint density at radius 3 is 2.33 bits per heavy atom. The molecule has 0 bridgehead atoms. The molecular formula is C13H20N2O3. The van der Waals surface area contributed by atoms with Gasteiger partial charge in [0.2, 0.25) is 0 Å². The van der Waals surface area contributed by atoms with Crippen molar-refractivity contribution in [3.63, 3.8) is 0 Å². The van der Waals surface area contributed by atoms with Crippen LogP contribution in [0.25, 0.3) is 0 Å². The molecule has 0 saturated heterocycles. The number of likely N-dealkylation sites (N-methyl/N-ethyl adjacent to an activating group) is 1. The van der Waals surface area contributed by atoms with Crippen LogP contribution in [-0.2, 0) is 4.79 Å². The van der Waals surface area contributed by atoms with E-state index in [1.165, 1.54) is 0 Å². The molecule has 5 nitrogen and oxygen atoms in total. The van der Waals surface area contributed by atoms with Gasteiger partial charge in [-0.25, -0.2) is 0 Å². The number of aliphatic carboxylic acids is 1. The van der Waals surface area contributed by atoms with Gasteiger partial charge in [0.15, 0.2) is 0 Å². The average Bonchev–Trinajstić information content (AvgIpc) is 2.29. The third-order valence-electron chi connectivity index (χ3n) is 2.82. The minimum absolute atomic E-state index is 0.330. The molecule has 0 aliphatic carbocycles. The SMILES string of the molecule is CNC(CNc1cc(C)c(OC)c(C)c1)C(=O)O. The first-order chi connectivity index (χ1) is 8.49. The van der Waals surface area contributed by atoms with E-state index in [-0.39, 0.29) is 0 Å². The fraction of sp³-hybridized carbons (Fsp3) is 0.462. The van der Waals surface area contributed by atoms with Crippen molar-refractivity contribution in [2.75, 3.05) is 26.0 Å². The van der Waals surface area contributed by atoms with Gasteiger partial charge in [0.25, 0.3) is 0 Å². The zero-order chi connectivity index (χ0) is 13.7. The number of benzene rings is 1. The number of nitrogens with one attached hydrogen (secondary N) is 2. The van der Waals surface area contributed by atoms with Crippen molar-refractivity contribution in [2.24, 2.45) is 0 Å². The Morgan fingerprint density at radius 1 is 1.39 bits per heavy atom. The molecule has 1 unspecified atom stereocenters. The molecule has 100 valence electrons. The normalized spacial score (nSPS) is 12.0. The van der Waals surface area contributed by atoms with Crippen LogP contribution in [-0.4, -0.2) is 37.8 Å². The van der Waals surface area contributed by atoms with Gasteiger partial charge in [-0.3, -0.25) is 4.79 Å². The molecule has 0 radical (unpaired) electrons. The molecule has 1 aromatic carbocycles. The van der Waals surface area contributed by atoms with E-state index in [1.807, 2.05) is 26.0 Å². The van der Waals surface area contributed by atoms with Gasteiger partial charge in [0, 0.05) is 12.2 Å². The molecule has 1 aromatic rings. The summed E-state index contributed by atoms with van der Waals surface area (Å²) in [6, 6.07) is 3.29. The van der Waals surface area contributed by atoms with E-state index in [2.05, 4.69) is 10.6 Å². The number of carbonyl (C=O) groups is 1. The predicted molar refractivity (Wildman–Crippen MR) is 71.4 cm³/mol. The van der Waals surface area contributed by atoms with Crippen molar-refractivity contribution in [3.8, 4) is 5.75 Å². The standard InChI is InChI=1S/C13H20N2O3/c1-8-5-10(6-9(2)12(8)18-4)15-7-11(14-3)13(16)17/h5-6,11,14-15H,7H2,1-4H3,(H,16,17). The summed E-state index contributed by atoms with van der Waals surface area (Å²) in [5, 5.41) is 14.8. The number of ether oxygens (including phenoxy) is 1. The molecule has 0 saturated carbocycles. The second-order valence-electron chi connectivity index (χ2n) is 4.20. The van der Waals surface area contributed by atoms with Crippen LogP contribution in [0.2, 0.25) is 0 Å². The molecule has 0 aliphatic rings. The maximum absolute atomic E-state index is 10.9. The lowest BCUT2D eigenvalue weighted by molar-refractivity contribution is -0.138. The van der Waals surface area contributed by atoms with Gasteiger partial charge in [-0.15, -0.1) is 0 Å². The fourth-order valence-electron chi connectivity index (χ4n) is 1.91. The number of hydrogen-bond acceptors (Lipinski definition) is 4. The van der Waals surface area contributed by atoms with Crippen molar-refractivity contribution in [1.29, 1.82) is 0 Å². The highest BCUT2D eigenvalue weighted by molar-refractivity contribution is 5.74. The molecule has 0 heterocycles. The van der Waals surface area contributed by atoms with E-state index in [0.29, 0.717) is 6.54 Å². The van der Waals surface area contributed by atoms with E-state index in [9.17, 15) is 4.79 Å². The Balaban J connectivity index is 2.77. The van der Waals surface area contributed by atoms with Gasteiger partial charge in [-0.05, 0) is 44.2 Å². The minimum atomic E-state index is -0.869. The van der Waals surface area contributed by atoms with Crippen LogP contribution in [0, 0.1) is 13.8 Å². The maximum Gasteiger partial charge on any atom is 0.322 e. The number of hydrogen-bond donors (Lipinski definition) is 3. The lowest BCUT2D eigenvalue weighted by Crippen LogP contribution is -2.39. The highest BCUT2D eigenvalue weighted by Crippen LogP contribution is 2.26. The Hall–Kier alpha value is -1.75. The van der Waals surface area contributed by atoms with Crippen molar-refractivity contribution in [1.82, 2.24) is 5.32 Å². The second kappa shape index (κ2) is 6.26. The van der Waals surface area contributed by atoms with E-state index >= 15 is 0 Å². The summed E-state index contributed by atoms with van der Waals surface area (Å²) in [5.41, 5.74) is 2.94. The first-order valence-corrected chi connectivity index (χ1v) is 5.78. The molecule has 0 aliphatic heterocycles. The molecule has 3 N–H and O–H groups in total. The second-order valence-corrected chi connectivity index (χ2v) is 4.20. The van der Waals surface area contributed by atoms with Gasteiger partial charge in [-0.2, -0.15) is 0 Å². The molecule has 18 heavy (non-hydrogen) atoms. The summed E-state index contributed by atoms with van der Waals surface area (Å²) in [7, 11) is 3.27. The summed E-state index contributed by atoms with van der Waals surface area (Å²) in [4.78, 5) is 10.9. The summed E-state index contributed by atoms with van der Waals surface area (Å²) < 4.78 is 5.28. The van der Waals surface area contributed by atoms with Gasteiger partial charge >= 0.3 is 5.97 Å². The van der Waals surface area contributed by atoms with Gasteiger partial charge in [0.05, 0.1) is 7.11 Å². The molecule has 0 amide bonds. The number of carboxylic acids is 1. The van der Waals surface area contributed by atoms with E-state index in [0.717, 1.165) is 22.6 Å². The summed E-state index contributed by atoms with van der Waals surface area (Å²) in [5.74, 6) is -0.00379. The molecule has 1 rings (SSSR count). The Morgan fingerprint density at radius 2 is 1.94 bits per heavy atom. The molecule has 1 atom stereocenters. The lowest BCUT2D eigenvalue weighted by atomic mass is 10.1. The van der Waals surface area contributed by atoms with Crippen LogP contribution in [0.5, 0.6) is 5.75 Å².